The Morgan fingerprint density at radius 2 is 2.16 bits per heavy atom. The Morgan fingerprint density at radius 1 is 1.37 bits per heavy atom. The summed E-state index contributed by atoms with van der Waals surface area (Å²) in [5.41, 5.74) is 0.344. The Hall–Kier alpha value is -1.48. The lowest BCUT2D eigenvalue weighted by Crippen LogP contribution is -2.52. The van der Waals surface area contributed by atoms with Crippen LogP contribution in [0.4, 0.5) is 0 Å². The highest BCUT2D eigenvalue weighted by Crippen LogP contribution is 2.49. The van der Waals surface area contributed by atoms with Gasteiger partial charge in [0.15, 0.2) is 0 Å². The Balaban J connectivity index is 2.11. The van der Waals surface area contributed by atoms with Gasteiger partial charge >= 0.3 is 0 Å². The largest absolute Gasteiger partial charge is 0.508 e. The molecule has 19 heavy (non-hydrogen) atoms. The lowest BCUT2D eigenvalue weighted by atomic mass is 9.69. The maximum absolute atomic E-state index is 9.88. The highest BCUT2D eigenvalue weighted by Gasteiger charge is 2.50. The van der Waals surface area contributed by atoms with Crippen LogP contribution in [0.1, 0.15) is 26.7 Å². The van der Waals surface area contributed by atoms with E-state index in [1.165, 1.54) is 0 Å². The molecule has 102 valence electrons. The predicted octanol–water partition coefficient (Wildman–Crippen LogP) is 3.41. The first-order valence-corrected chi connectivity index (χ1v) is 6.73. The van der Waals surface area contributed by atoms with Crippen LogP contribution < -0.4 is 0 Å². The predicted molar refractivity (Wildman–Crippen MR) is 73.6 cm³/mol. The molecule has 3 aliphatic rings. The van der Waals surface area contributed by atoms with E-state index in [1.807, 2.05) is 24.3 Å². The summed E-state index contributed by atoms with van der Waals surface area (Å²) < 4.78 is 11.8. The molecular weight excluding hydrogens is 240 g/mol. The summed E-state index contributed by atoms with van der Waals surface area (Å²) in [5, 5.41) is 9.88. The molecule has 1 heterocycles. The molecule has 2 atom stereocenters. The third kappa shape index (κ3) is 1.93. The van der Waals surface area contributed by atoms with Crippen LogP contribution in [0.3, 0.4) is 0 Å². The van der Waals surface area contributed by atoms with Gasteiger partial charge in [-0.25, -0.2) is 0 Å². The average Bonchev–Trinajstić information content (AvgIpc) is 2.35. The molecule has 0 aromatic carbocycles. The van der Waals surface area contributed by atoms with Crippen LogP contribution in [-0.2, 0) is 9.47 Å². The van der Waals surface area contributed by atoms with Crippen LogP contribution in [-0.4, -0.2) is 23.4 Å². The molecule has 1 N–H and O–H groups in total. The molecule has 3 heteroatoms. The summed E-state index contributed by atoms with van der Waals surface area (Å²) in [7, 11) is 1.67. The third-order valence-corrected chi connectivity index (χ3v) is 4.20. The molecule has 1 aliphatic heterocycles. The van der Waals surface area contributed by atoms with E-state index >= 15 is 0 Å². The van der Waals surface area contributed by atoms with Gasteiger partial charge in [-0.1, -0.05) is 6.08 Å². The van der Waals surface area contributed by atoms with Gasteiger partial charge in [0.05, 0.1) is 12.7 Å². The van der Waals surface area contributed by atoms with Gasteiger partial charge in [-0.05, 0) is 56.6 Å². The molecule has 3 nitrogen and oxygen atoms in total. The maximum atomic E-state index is 9.88. The first-order valence-electron chi connectivity index (χ1n) is 6.73. The minimum Gasteiger partial charge on any atom is -0.508 e. The van der Waals surface area contributed by atoms with Crippen LogP contribution in [0.5, 0.6) is 0 Å². The molecule has 0 aromatic heterocycles. The fraction of sp³-hybridized carbons (Fsp3) is 0.500. The van der Waals surface area contributed by atoms with Gasteiger partial charge in [0.1, 0.15) is 17.1 Å². The van der Waals surface area contributed by atoms with Gasteiger partial charge in [-0.3, -0.25) is 0 Å². The first-order chi connectivity index (χ1) is 8.95. The Kier molecular flexibility index (Phi) is 2.65. The fourth-order valence-corrected chi connectivity index (χ4v) is 3.26. The lowest BCUT2D eigenvalue weighted by molar-refractivity contribution is -0.151. The number of hydrogen-bond acceptors (Lipinski definition) is 3. The van der Waals surface area contributed by atoms with E-state index in [1.54, 1.807) is 13.2 Å². The van der Waals surface area contributed by atoms with E-state index in [4.69, 9.17) is 9.47 Å². The van der Waals surface area contributed by atoms with Gasteiger partial charge in [0.25, 0.3) is 0 Å². The van der Waals surface area contributed by atoms with Gasteiger partial charge in [-0.2, -0.15) is 0 Å². The summed E-state index contributed by atoms with van der Waals surface area (Å²) in [6.07, 6.45) is 11.6. The zero-order valence-corrected chi connectivity index (χ0v) is 11.6. The number of rotatable bonds is 1. The summed E-state index contributed by atoms with van der Waals surface area (Å²) in [6, 6.07) is 0. The Labute approximate surface area is 113 Å². The van der Waals surface area contributed by atoms with Crippen molar-refractivity contribution >= 4 is 0 Å². The van der Waals surface area contributed by atoms with Crippen LogP contribution in [0.25, 0.3) is 0 Å². The SMILES string of the molecule is COC1=CC23OC(C)(C)CCC2C=C(O)C=C3C=C1. The van der Waals surface area contributed by atoms with Crippen molar-refractivity contribution in [3.63, 3.8) is 0 Å². The van der Waals surface area contributed by atoms with E-state index < -0.39 is 5.60 Å². The molecule has 1 fully saturated rings. The van der Waals surface area contributed by atoms with Crippen LogP contribution in [0, 0.1) is 5.92 Å². The number of aliphatic hydroxyl groups excluding tert-OH is 1. The van der Waals surface area contributed by atoms with Crippen molar-refractivity contribution in [2.24, 2.45) is 5.92 Å². The topological polar surface area (TPSA) is 38.7 Å². The summed E-state index contributed by atoms with van der Waals surface area (Å²) in [4.78, 5) is 0. The van der Waals surface area contributed by atoms with Gasteiger partial charge in [0.2, 0.25) is 0 Å². The highest BCUT2D eigenvalue weighted by atomic mass is 16.5. The van der Waals surface area contributed by atoms with E-state index in [0.29, 0.717) is 5.76 Å². The second kappa shape index (κ2) is 4.01. The van der Waals surface area contributed by atoms with E-state index in [2.05, 4.69) is 13.8 Å². The molecule has 1 saturated heterocycles. The number of methoxy groups -OCH3 is 1. The first kappa shape index (κ1) is 12.5. The zero-order chi connectivity index (χ0) is 13.7. The molecule has 0 amide bonds. The standard InChI is InChI=1S/C16H20O3/c1-15(2)7-6-12-9-13(17)8-11-4-5-14(18-3)10-16(11,12)19-15/h4-5,8-10,12,17H,6-7H2,1-3H3. The van der Waals surface area contributed by atoms with Gasteiger partial charge < -0.3 is 14.6 Å². The lowest BCUT2D eigenvalue weighted by Gasteiger charge is -2.51. The summed E-state index contributed by atoms with van der Waals surface area (Å²) in [6.45, 7) is 4.23. The summed E-state index contributed by atoms with van der Waals surface area (Å²) >= 11 is 0. The van der Waals surface area contributed by atoms with Crippen molar-refractivity contribution in [1.82, 2.24) is 0 Å². The van der Waals surface area contributed by atoms with E-state index in [0.717, 1.165) is 24.2 Å². The third-order valence-electron chi connectivity index (χ3n) is 4.20. The van der Waals surface area contributed by atoms with Crippen LogP contribution in [0.2, 0.25) is 0 Å². The Morgan fingerprint density at radius 3 is 2.89 bits per heavy atom. The second-order valence-electron chi connectivity index (χ2n) is 6.08. The van der Waals surface area contributed by atoms with Crippen molar-refractivity contribution in [2.75, 3.05) is 7.11 Å². The second-order valence-corrected chi connectivity index (χ2v) is 6.08. The molecule has 0 bridgehead atoms. The van der Waals surface area contributed by atoms with E-state index in [-0.39, 0.29) is 11.5 Å². The van der Waals surface area contributed by atoms with E-state index in [9.17, 15) is 5.11 Å². The molecule has 0 aromatic rings. The molecule has 2 aliphatic carbocycles. The summed E-state index contributed by atoms with van der Waals surface area (Å²) in [5.74, 6) is 1.31. The van der Waals surface area contributed by atoms with Crippen molar-refractivity contribution in [3.05, 3.63) is 47.5 Å². The smallest absolute Gasteiger partial charge is 0.122 e. The Bertz CT molecular complexity index is 522. The molecule has 0 saturated carbocycles. The van der Waals surface area contributed by atoms with Crippen molar-refractivity contribution in [2.45, 2.75) is 37.9 Å². The number of ether oxygens (including phenoxy) is 2. The maximum Gasteiger partial charge on any atom is 0.122 e. The molecule has 0 radical (unpaired) electrons. The normalized spacial score (nSPS) is 35.5. The van der Waals surface area contributed by atoms with Crippen molar-refractivity contribution in [3.8, 4) is 0 Å². The highest BCUT2D eigenvalue weighted by molar-refractivity contribution is 5.50. The van der Waals surface area contributed by atoms with Crippen LogP contribution in [0.15, 0.2) is 47.5 Å². The number of allylic oxidation sites excluding steroid dienone is 2. The van der Waals surface area contributed by atoms with Gasteiger partial charge in [0, 0.05) is 5.92 Å². The minimum atomic E-state index is -0.492. The monoisotopic (exact) mass is 260 g/mol. The molecule has 3 rings (SSSR count). The quantitative estimate of drug-likeness (QED) is 0.785. The van der Waals surface area contributed by atoms with Gasteiger partial charge in [-0.15, -0.1) is 0 Å². The van der Waals surface area contributed by atoms with Crippen molar-refractivity contribution < 1.29 is 14.6 Å². The van der Waals surface area contributed by atoms with Crippen molar-refractivity contribution in [1.29, 1.82) is 0 Å². The fourth-order valence-electron chi connectivity index (χ4n) is 3.26. The zero-order valence-electron chi connectivity index (χ0n) is 11.6. The van der Waals surface area contributed by atoms with Crippen LogP contribution >= 0.6 is 0 Å². The molecular formula is C16H20O3. The average molecular weight is 260 g/mol. The molecule has 1 spiro atoms. The number of aliphatic hydroxyl groups is 1. The number of hydrogen-bond donors (Lipinski definition) is 1. The molecule has 2 unspecified atom stereocenters. The minimum absolute atomic E-state index is 0.163.